The van der Waals surface area contributed by atoms with Gasteiger partial charge in [-0.1, -0.05) is 0 Å². The average Bonchev–Trinajstić information content (AvgIpc) is 2.41. The molecule has 1 atom stereocenters. The van der Waals surface area contributed by atoms with Crippen molar-refractivity contribution in [2.24, 2.45) is 0 Å². The molecule has 1 heterocycles. The molecule has 1 aromatic rings. The summed E-state index contributed by atoms with van der Waals surface area (Å²) >= 11 is 10.9. The number of hydrogen-bond acceptors (Lipinski definition) is 6. The maximum absolute atomic E-state index is 10.6. The molecular weight excluding hydrogens is 460 g/mol. The summed E-state index contributed by atoms with van der Waals surface area (Å²) in [5.41, 5.74) is 0. The summed E-state index contributed by atoms with van der Waals surface area (Å²) in [6, 6.07) is 1.89. The lowest BCUT2D eigenvalue weighted by atomic mass is 10.2. The molecule has 0 aliphatic heterocycles. The number of ether oxygens (including phenoxy) is 1. The van der Waals surface area contributed by atoms with Gasteiger partial charge in [-0.05, 0) is 63.7 Å². The average molecular weight is 478 g/mol. The number of unbranched alkanes of at least 4 members (excludes halogenated alkanes) is 2. The molecule has 0 aliphatic rings. The second-order valence-corrected chi connectivity index (χ2v) is 8.47. The van der Waals surface area contributed by atoms with Crippen LogP contribution < -0.4 is 10.1 Å². The summed E-state index contributed by atoms with van der Waals surface area (Å²) in [6.45, 7) is 2.05. The summed E-state index contributed by atoms with van der Waals surface area (Å²) in [7, 11) is -3.50. The second kappa shape index (κ2) is 10.8. The van der Waals surface area contributed by atoms with Gasteiger partial charge >= 0.3 is 0 Å². The molecule has 0 saturated carbocycles. The molecule has 0 radical (unpaired) electrons. The zero-order valence-electron chi connectivity index (χ0n) is 11.8. The monoisotopic (exact) mass is 476 g/mol. The van der Waals surface area contributed by atoms with Gasteiger partial charge in [0.05, 0.1) is 17.7 Å². The van der Waals surface area contributed by atoms with Crippen LogP contribution in [0.3, 0.4) is 0 Å². The molecule has 1 aromatic heterocycles. The lowest BCUT2D eigenvalue weighted by Crippen LogP contribution is -2.22. The molecular formula is C12H18Br2N2O4S2. The molecule has 126 valence electrons. The van der Waals surface area contributed by atoms with Gasteiger partial charge in [-0.3, -0.25) is 8.74 Å². The maximum atomic E-state index is 10.6. The molecule has 0 aromatic carbocycles. The van der Waals surface area contributed by atoms with Gasteiger partial charge in [0.1, 0.15) is 0 Å². The third-order valence-electron chi connectivity index (χ3n) is 2.52. The Bertz CT molecular complexity index is 558. The second-order valence-electron chi connectivity index (χ2n) is 4.35. The standard InChI is InChI=1S/C12H18Br2N2O4S2/c13-10-8-11(14)12(16-9-10)19-6-3-1-2-4-15-5-7-20-22(17,18)21/h8-9,15H,1-7H2,(H,17,18,21). The van der Waals surface area contributed by atoms with Crippen molar-refractivity contribution in [3.8, 4) is 5.88 Å². The molecule has 0 amide bonds. The van der Waals surface area contributed by atoms with Crippen molar-refractivity contribution >= 4 is 52.1 Å². The molecule has 0 spiro atoms. The normalized spacial score (nSPS) is 13.8. The third-order valence-corrected chi connectivity index (χ3v) is 4.28. The van der Waals surface area contributed by atoms with E-state index < -0.39 is 9.05 Å². The Hall–Kier alpha value is 0.160. The van der Waals surface area contributed by atoms with Crippen LogP contribution in [0.15, 0.2) is 21.2 Å². The van der Waals surface area contributed by atoms with Gasteiger partial charge in [-0.25, -0.2) is 4.98 Å². The predicted molar refractivity (Wildman–Crippen MR) is 95.9 cm³/mol. The van der Waals surface area contributed by atoms with E-state index in [0.717, 1.165) is 34.8 Å². The van der Waals surface area contributed by atoms with Crippen molar-refractivity contribution in [1.29, 1.82) is 0 Å². The highest BCUT2D eigenvalue weighted by Crippen LogP contribution is 2.25. The van der Waals surface area contributed by atoms with E-state index in [1.165, 1.54) is 0 Å². The summed E-state index contributed by atoms with van der Waals surface area (Å²) in [5.74, 6) is 0.593. The van der Waals surface area contributed by atoms with E-state index in [4.69, 9.17) is 9.29 Å². The van der Waals surface area contributed by atoms with Crippen molar-refractivity contribution in [3.05, 3.63) is 21.2 Å². The zero-order chi connectivity index (χ0) is 16.4. The van der Waals surface area contributed by atoms with Crippen LogP contribution in [-0.4, -0.2) is 40.0 Å². The van der Waals surface area contributed by atoms with Gasteiger partial charge in [0.15, 0.2) is 0 Å². The molecule has 2 N–H and O–H groups in total. The zero-order valence-corrected chi connectivity index (χ0v) is 16.6. The summed E-state index contributed by atoms with van der Waals surface area (Å²) < 4.78 is 31.2. The quantitative estimate of drug-likeness (QED) is 0.474. The van der Waals surface area contributed by atoms with Gasteiger partial charge in [-0.2, -0.15) is 4.21 Å². The van der Waals surface area contributed by atoms with E-state index in [1.54, 1.807) is 6.20 Å². The number of aromatic nitrogens is 1. The molecule has 10 heteroatoms. The van der Waals surface area contributed by atoms with Gasteiger partial charge in [0, 0.05) is 28.4 Å². The van der Waals surface area contributed by atoms with Crippen LogP contribution in [0.2, 0.25) is 0 Å². The van der Waals surface area contributed by atoms with Crippen molar-refractivity contribution < 1.29 is 17.7 Å². The number of rotatable bonds is 11. The highest BCUT2D eigenvalue weighted by atomic mass is 79.9. The lowest BCUT2D eigenvalue weighted by Gasteiger charge is -2.08. The van der Waals surface area contributed by atoms with Crippen LogP contribution in [0, 0.1) is 0 Å². The first-order valence-corrected chi connectivity index (χ1v) is 10.6. The van der Waals surface area contributed by atoms with E-state index >= 15 is 0 Å². The predicted octanol–water partition coefficient (Wildman–Crippen LogP) is 2.90. The van der Waals surface area contributed by atoms with Crippen molar-refractivity contribution in [1.82, 2.24) is 10.3 Å². The van der Waals surface area contributed by atoms with Crippen molar-refractivity contribution in [2.75, 3.05) is 26.3 Å². The van der Waals surface area contributed by atoms with Crippen LogP contribution >= 0.6 is 31.9 Å². The molecule has 1 rings (SSSR count). The fourth-order valence-electron chi connectivity index (χ4n) is 1.55. The number of hydrogen-bond donors (Lipinski definition) is 2. The van der Waals surface area contributed by atoms with Crippen LogP contribution in [-0.2, 0) is 24.4 Å². The molecule has 0 aliphatic carbocycles. The Kier molecular flexibility index (Phi) is 9.96. The van der Waals surface area contributed by atoms with E-state index in [-0.39, 0.29) is 6.61 Å². The smallest absolute Gasteiger partial charge is 0.266 e. The number of pyridine rings is 1. The van der Waals surface area contributed by atoms with E-state index in [2.05, 4.69) is 57.5 Å². The minimum absolute atomic E-state index is 0.130. The van der Waals surface area contributed by atoms with Crippen molar-refractivity contribution in [2.45, 2.75) is 19.3 Å². The molecule has 0 bridgehead atoms. The molecule has 1 unspecified atom stereocenters. The first-order chi connectivity index (χ1) is 10.4. The Labute approximate surface area is 152 Å². The van der Waals surface area contributed by atoms with Crippen LogP contribution in [0.4, 0.5) is 0 Å². The Morgan fingerprint density at radius 3 is 2.73 bits per heavy atom. The maximum Gasteiger partial charge on any atom is 0.266 e. The fraction of sp³-hybridized carbons (Fsp3) is 0.583. The highest BCUT2D eigenvalue weighted by molar-refractivity contribution is 9.11. The third kappa shape index (κ3) is 10.0. The van der Waals surface area contributed by atoms with Crippen LogP contribution in [0.25, 0.3) is 0 Å². The minimum atomic E-state index is -3.50. The first kappa shape index (κ1) is 20.2. The number of nitrogens with zero attached hydrogens (tertiary/aromatic N) is 1. The fourth-order valence-corrected chi connectivity index (χ4v) is 3.15. The molecule has 6 nitrogen and oxygen atoms in total. The summed E-state index contributed by atoms with van der Waals surface area (Å²) in [4.78, 5) is 4.17. The lowest BCUT2D eigenvalue weighted by molar-refractivity contribution is 0.289. The van der Waals surface area contributed by atoms with E-state index in [1.807, 2.05) is 6.07 Å². The minimum Gasteiger partial charge on any atom is -0.477 e. The van der Waals surface area contributed by atoms with Gasteiger partial charge in [0.2, 0.25) is 5.88 Å². The molecule has 0 fully saturated rings. The topological polar surface area (TPSA) is 80.7 Å². The van der Waals surface area contributed by atoms with E-state index in [9.17, 15) is 4.21 Å². The SMILES string of the molecule is O=S(O)(=S)OCCNCCCCCOc1ncc(Br)cc1Br. The largest absolute Gasteiger partial charge is 0.477 e. The number of halogens is 2. The van der Waals surface area contributed by atoms with Crippen LogP contribution in [0.1, 0.15) is 19.3 Å². The Morgan fingerprint density at radius 2 is 2.05 bits per heavy atom. The summed E-state index contributed by atoms with van der Waals surface area (Å²) in [6.07, 6.45) is 4.62. The molecule has 0 saturated heterocycles. The Balaban J connectivity index is 1.98. The number of nitrogens with one attached hydrogen (secondary N) is 1. The van der Waals surface area contributed by atoms with E-state index in [0.29, 0.717) is 19.0 Å². The van der Waals surface area contributed by atoms with Crippen molar-refractivity contribution in [3.63, 3.8) is 0 Å². The highest BCUT2D eigenvalue weighted by Gasteiger charge is 2.03. The first-order valence-electron chi connectivity index (χ1n) is 6.65. The van der Waals surface area contributed by atoms with Gasteiger partial charge in [0.25, 0.3) is 9.05 Å². The van der Waals surface area contributed by atoms with Crippen LogP contribution in [0.5, 0.6) is 5.88 Å². The summed E-state index contributed by atoms with van der Waals surface area (Å²) in [5, 5.41) is 3.11. The Morgan fingerprint density at radius 1 is 1.27 bits per heavy atom. The molecule has 22 heavy (non-hydrogen) atoms. The van der Waals surface area contributed by atoms with Gasteiger partial charge < -0.3 is 10.1 Å². The van der Waals surface area contributed by atoms with Gasteiger partial charge in [-0.15, -0.1) is 0 Å².